The van der Waals surface area contributed by atoms with E-state index in [1.165, 1.54) is 0 Å². The van der Waals surface area contributed by atoms with Gasteiger partial charge in [0.15, 0.2) is 0 Å². The molecule has 1 unspecified atom stereocenters. The zero-order chi connectivity index (χ0) is 20.2. The van der Waals surface area contributed by atoms with Crippen LogP contribution in [0.15, 0.2) is 54.6 Å². The van der Waals surface area contributed by atoms with E-state index in [1.807, 2.05) is 54.6 Å². The number of carbonyl (C=O) groups excluding carboxylic acids is 2. The predicted molar refractivity (Wildman–Crippen MR) is 116 cm³/mol. The van der Waals surface area contributed by atoms with Gasteiger partial charge in [0, 0.05) is 25.2 Å². The first-order valence-electron chi connectivity index (χ1n) is 9.91. The molecule has 160 valence electrons. The van der Waals surface area contributed by atoms with E-state index in [-0.39, 0.29) is 42.8 Å². The number of halogens is 1. The Morgan fingerprint density at radius 3 is 2.47 bits per heavy atom. The largest absolute Gasteiger partial charge is 0.457 e. The summed E-state index contributed by atoms with van der Waals surface area (Å²) < 4.78 is 11.4. The highest BCUT2D eigenvalue weighted by atomic mass is 35.5. The summed E-state index contributed by atoms with van der Waals surface area (Å²) in [5.41, 5.74) is 6.38. The number of ether oxygens (including phenoxy) is 2. The second kappa shape index (κ2) is 9.93. The average Bonchev–Trinajstić information content (AvgIpc) is 3.36. The zero-order valence-electron chi connectivity index (χ0n) is 16.5. The van der Waals surface area contributed by atoms with Crippen molar-refractivity contribution in [3.8, 4) is 11.5 Å². The molecular formula is C22H26ClN3O4. The van der Waals surface area contributed by atoms with Crippen LogP contribution in [0.3, 0.4) is 0 Å². The maximum absolute atomic E-state index is 12.5. The molecule has 0 spiro atoms. The smallest absolute Gasteiger partial charge is 0.249 e. The van der Waals surface area contributed by atoms with E-state index in [0.29, 0.717) is 25.3 Å². The summed E-state index contributed by atoms with van der Waals surface area (Å²) in [5, 5.41) is 2.95. The van der Waals surface area contributed by atoms with Crippen molar-refractivity contribution in [2.45, 2.75) is 37.5 Å². The Hall–Kier alpha value is -2.61. The van der Waals surface area contributed by atoms with Gasteiger partial charge in [-0.15, -0.1) is 12.4 Å². The van der Waals surface area contributed by atoms with E-state index in [2.05, 4.69) is 5.32 Å². The van der Waals surface area contributed by atoms with Crippen LogP contribution >= 0.6 is 12.4 Å². The van der Waals surface area contributed by atoms with Gasteiger partial charge in [-0.1, -0.05) is 18.2 Å². The second-order valence-electron chi connectivity index (χ2n) is 7.38. The molecule has 0 radical (unpaired) electrons. The summed E-state index contributed by atoms with van der Waals surface area (Å²) in [6.45, 7) is 0.861. The molecule has 2 aromatic rings. The Balaban J connectivity index is 0.00000256. The van der Waals surface area contributed by atoms with Crippen LogP contribution in [0.2, 0.25) is 0 Å². The minimum Gasteiger partial charge on any atom is -0.457 e. The lowest BCUT2D eigenvalue weighted by Crippen LogP contribution is -2.43. The minimum absolute atomic E-state index is 0. The summed E-state index contributed by atoms with van der Waals surface area (Å²) in [6.07, 6.45) is 1.22. The van der Waals surface area contributed by atoms with E-state index in [4.69, 9.17) is 15.2 Å². The molecule has 30 heavy (non-hydrogen) atoms. The van der Waals surface area contributed by atoms with Crippen LogP contribution in [-0.2, 0) is 14.3 Å². The van der Waals surface area contributed by atoms with E-state index in [1.54, 1.807) is 4.90 Å². The highest BCUT2D eigenvalue weighted by Crippen LogP contribution is 2.27. The van der Waals surface area contributed by atoms with Gasteiger partial charge in [0.1, 0.15) is 17.6 Å². The van der Waals surface area contributed by atoms with Gasteiger partial charge < -0.3 is 25.4 Å². The lowest BCUT2D eigenvalue weighted by molar-refractivity contribution is -0.132. The second-order valence-corrected chi connectivity index (χ2v) is 7.38. The third-order valence-electron chi connectivity index (χ3n) is 5.26. The Labute approximate surface area is 181 Å². The predicted octanol–water partition coefficient (Wildman–Crippen LogP) is 2.63. The number of benzene rings is 2. The fourth-order valence-corrected chi connectivity index (χ4v) is 3.74. The molecule has 3 N–H and O–H groups in total. The Morgan fingerprint density at radius 2 is 1.80 bits per heavy atom. The van der Waals surface area contributed by atoms with Crippen molar-refractivity contribution < 1.29 is 19.1 Å². The maximum Gasteiger partial charge on any atom is 0.249 e. The maximum atomic E-state index is 12.5. The highest BCUT2D eigenvalue weighted by molar-refractivity contribution is 5.97. The summed E-state index contributed by atoms with van der Waals surface area (Å²) in [6, 6.07) is 16.7. The number of nitrogens with two attached hydrogens (primary N) is 1. The van der Waals surface area contributed by atoms with Crippen LogP contribution in [0, 0.1) is 0 Å². The molecular weight excluding hydrogens is 406 g/mol. The van der Waals surface area contributed by atoms with E-state index in [0.717, 1.165) is 17.9 Å². The fraction of sp³-hybridized carbons (Fsp3) is 0.364. The van der Waals surface area contributed by atoms with Gasteiger partial charge in [-0.3, -0.25) is 9.59 Å². The first-order chi connectivity index (χ1) is 14.1. The van der Waals surface area contributed by atoms with E-state index in [9.17, 15) is 9.59 Å². The number of para-hydroxylation sites is 1. The van der Waals surface area contributed by atoms with Crippen molar-refractivity contribution in [1.82, 2.24) is 5.32 Å². The first-order valence-corrected chi connectivity index (χ1v) is 9.91. The lowest BCUT2D eigenvalue weighted by Gasteiger charge is -2.19. The molecule has 3 atom stereocenters. The van der Waals surface area contributed by atoms with Crippen molar-refractivity contribution in [2.24, 2.45) is 5.73 Å². The number of nitrogens with zero attached hydrogens (tertiary/aromatic N) is 1. The van der Waals surface area contributed by atoms with Crippen LogP contribution in [0.25, 0.3) is 0 Å². The lowest BCUT2D eigenvalue weighted by atomic mass is 10.1. The van der Waals surface area contributed by atoms with Crippen LogP contribution in [-0.4, -0.2) is 43.2 Å². The first kappa shape index (κ1) is 22.1. The van der Waals surface area contributed by atoms with Gasteiger partial charge >= 0.3 is 0 Å². The highest BCUT2D eigenvalue weighted by Gasteiger charge is 2.35. The quantitative estimate of drug-likeness (QED) is 0.733. The van der Waals surface area contributed by atoms with Crippen molar-refractivity contribution in [2.75, 3.05) is 18.0 Å². The average molecular weight is 432 g/mol. The molecule has 8 heteroatoms. The van der Waals surface area contributed by atoms with Crippen molar-refractivity contribution in [3.63, 3.8) is 0 Å². The molecule has 2 aliphatic heterocycles. The number of nitrogens with one attached hydrogen (secondary N) is 1. The molecule has 2 amide bonds. The summed E-state index contributed by atoms with van der Waals surface area (Å²) in [7, 11) is 0. The Morgan fingerprint density at radius 1 is 1.10 bits per heavy atom. The Bertz CT molecular complexity index is 862. The number of carbonyl (C=O) groups is 2. The van der Waals surface area contributed by atoms with Crippen LogP contribution in [0.5, 0.6) is 11.5 Å². The summed E-state index contributed by atoms with van der Waals surface area (Å²) >= 11 is 0. The molecule has 4 rings (SSSR count). The van der Waals surface area contributed by atoms with Gasteiger partial charge in [-0.05, 0) is 49.2 Å². The van der Waals surface area contributed by atoms with Crippen LogP contribution < -0.4 is 20.7 Å². The number of hydrogen-bond acceptors (Lipinski definition) is 5. The third kappa shape index (κ3) is 5.11. The van der Waals surface area contributed by atoms with Gasteiger partial charge in [-0.25, -0.2) is 0 Å². The molecule has 2 aliphatic rings. The fourth-order valence-electron chi connectivity index (χ4n) is 3.74. The molecule has 2 aromatic carbocycles. The minimum atomic E-state index is -0.470. The zero-order valence-corrected chi connectivity index (χ0v) is 17.3. The standard InChI is InChI=1S/C22H25N3O4.ClH/c23-13-19-10-11-20(29-19)22(27)24-15-12-21(26)25(14-15)16-6-8-18(9-7-16)28-17-4-2-1-3-5-17;/h1-9,15,19-20H,10-14,23H2,(H,24,27);1H/t15?,19-,20+;/m1./s1. The Kier molecular flexibility index (Phi) is 7.31. The normalized spacial score (nSPS) is 23.2. The molecule has 2 saturated heterocycles. The van der Waals surface area contributed by atoms with Crippen molar-refractivity contribution in [3.05, 3.63) is 54.6 Å². The molecule has 7 nitrogen and oxygen atoms in total. The van der Waals surface area contributed by atoms with E-state index < -0.39 is 6.10 Å². The molecule has 0 bridgehead atoms. The number of anilines is 1. The number of rotatable bonds is 6. The summed E-state index contributed by atoms with van der Waals surface area (Å²) in [5.74, 6) is 1.28. The number of hydrogen-bond donors (Lipinski definition) is 2. The van der Waals surface area contributed by atoms with Gasteiger partial charge in [-0.2, -0.15) is 0 Å². The van der Waals surface area contributed by atoms with Crippen LogP contribution in [0.1, 0.15) is 19.3 Å². The van der Waals surface area contributed by atoms with Gasteiger partial charge in [0.05, 0.1) is 12.1 Å². The molecule has 0 saturated carbocycles. The molecule has 2 heterocycles. The van der Waals surface area contributed by atoms with Gasteiger partial charge in [0.25, 0.3) is 0 Å². The van der Waals surface area contributed by atoms with Crippen LogP contribution in [0.4, 0.5) is 5.69 Å². The third-order valence-corrected chi connectivity index (χ3v) is 5.26. The topological polar surface area (TPSA) is 93.9 Å². The molecule has 0 aromatic heterocycles. The SMILES string of the molecule is Cl.NC[C@H]1CC[C@@H](C(=O)NC2CC(=O)N(c3ccc(Oc4ccccc4)cc3)C2)O1. The monoisotopic (exact) mass is 431 g/mol. The van der Waals surface area contributed by atoms with Gasteiger partial charge in [0.2, 0.25) is 11.8 Å². The van der Waals surface area contributed by atoms with Crippen molar-refractivity contribution >= 4 is 29.9 Å². The van der Waals surface area contributed by atoms with E-state index >= 15 is 0 Å². The summed E-state index contributed by atoms with van der Waals surface area (Å²) in [4.78, 5) is 26.6. The molecule has 2 fully saturated rings. The van der Waals surface area contributed by atoms with Crippen molar-refractivity contribution in [1.29, 1.82) is 0 Å². The number of amides is 2. The molecule has 0 aliphatic carbocycles.